The van der Waals surface area contributed by atoms with Gasteiger partial charge in [-0.05, 0) is 49.6 Å². The molecule has 1 aromatic carbocycles. The number of benzene rings is 1. The SMILES string of the molecule is CC1=Cc2cc(Oc3nc(Nc4cc(C(C)C)no4)cc(N4CCN(C)CC4)n3)c(F)cc2C1. The van der Waals surface area contributed by atoms with Crippen LogP contribution in [0.15, 0.2) is 34.4 Å². The van der Waals surface area contributed by atoms with Crippen LogP contribution in [-0.2, 0) is 6.42 Å². The fraction of sp³-hybridized carbons (Fsp3) is 0.400. The lowest BCUT2D eigenvalue weighted by molar-refractivity contribution is 0.311. The Labute approximate surface area is 198 Å². The van der Waals surface area contributed by atoms with Gasteiger partial charge in [0.25, 0.3) is 0 Å². The number of hydrogen-bond donors (Lipinski definition) is 1. The number of rotatable bonds is 6. The van der Waals surface area contributed by atoms with Crippen LogP contribution in [0.5, 0.6) is 11.8 Å². The van der Waals surface area contributed by atoms with Crippen LogP contribution in [0.3, 0.4) is 0 Å². The number of piperazine rings is 1. The fourth-order valence-corrected chi connectivity index (χ4v) is 4.16. The third-order valence-electron chi connectivity index (χ3n) is 6.16. The number of halogens is 1. The number of likely N-dealkylation sites (N-methyl/N-ethyl adjacent to an activating group) is 1. The van der Waals surface area contributed by atoms with E-state index in [4.69, 9.17) is 9.26 Å². The van der Waals surface area contributed by atoms with E-state index in [1.54, 1.807) is 6.07 Å². The lowest BCUT2D eigenvalue weighted by Crippen LogP contribution is -2.44. The number of hydrogen-bond acceptors (Lipinski definition) is 8. The van der Waals surface area contributed by atoms with Crippen molar-refractivity contribution >= 4 is 23.6 Å². The van der Waals surface area contributed by atoms with Gasteiger partial charge in [0.2, 0.25) is 5.88 Å². The van der Waals surface area contributed by atoms with Crippen molar-refractivity contribution in [1.29, 1.82) is 0 Å². The largest absolute Gasteiger partial charge is 0.421 e. The van der Waals surface area contributed by atoms with Gasteiger partial charge in [-0.2, -0.15) is 9.97 Å². The molecule has 5 rings (SSSR count). The summed E-state index contributed by atoms with van der Waals surface area (Å²) < 4.78 is 26.1. The van der Waals surface area contributed by atoms with Gasteiger partial charge in [0.05, 0.1) is 5.69 Å². The van der Waals surface area contributed by atoms with E-state index in [2.05, 4.69) is 37.3 Å². The van der Waals surface area contributed by atoms with E-state index in [1.165, 1.54) is 11.6 Å². The molecule has 1 N–H and O–H groups in total. The van der Waals surface area contributed by atoms with Gasteiger partial charge in [-0.3, -0.25) is 0 Å². The normalized spacial score (nSPS) is 16.1. The van der Waals surface area contributed by atoms with Gasteiger partial charge in [0.1, 0.15) is 11.6 Å². The second-order valence-electron chi connectivity index (χ2n) is 9.33. The lowest BCUT2D eigenvalue weighted by Gasteiger charge is -2.33. The smallest absolute Gasteiger partial charge is 0.326 e. The Hall–Kier alpha value is -3.46. The fourth-order valence-electron chi connectivity index (χ4n) is 4.16. The molecule has 2 aliphatic rings. The highest BCUT2D eigenvalue weighted by atomic mass is 19.1. The number of allylic oxidation sites excluding steroid dienone is 1. The summed E-state index contributed by atoms with van der Waals surface area (Å²) in [6, 6.07) is 7.01. The van der Waals surface area contributed by atoms with Crippen LogP contribution in [0.25, 0.3) is 6.08 Å². The minimum atomic E-state index is -0.429. The van der Waals surface area contributed by atoms with Crippen molar-refractivity contribution in [3.05, 3.63) is 52.5 Å². The van der Waals surface area contributed by atoms with Crippen molar-refractivity contribution in [2.45, 2.75) is 33.1 Å². The summed E-state index contributed by atoms with van der Waals surface area (Å²) in [7, 11) is 2.10. The average Bonchev–Trinajstić information content (AvgIpc) is 3.40. The number of nitrogens with one attached hydrogen (secondary N) is 1. The second kappa shape index (κ2) is 9.06. The third kappa shape index (κ3) is 4.75. The van der Waals surface area contributed by atoms with Crippen LogP contribution < -0.4 is 15.0 Å². The van der Waals surface area contributed by atoms with Gasteiger partial charge in [0.15, 0.2) is 11.6 Å². The molecule has 3 heterocycles. The molecule has 0 spiro atoms. The monoisotopic (exact) mass is 464 g/mol. The van der Waals surface area contributed by atoms with Crippen molar-refractivity contribution in [3.63, 3.8) is 0 Å². The first-order valence-corrected chi connectivity index (χ1v) is 11.6. The van der Waals surface area contributed by atoms with Crippen LogP contribution in [0.1, 0.15) is 43.5 Å². The molecular weight excluding hydrogens is 435 g/mol. The summed E-state index contributed by atoms with van der Waals surface area (Å²) in [6.07, 6.45) is 2.80. The Bertz CT molecular complexity index is 1230. The highest BCUT2D eigenvalue weighted by molar-refractivity contribution is 5.65. The van der Waals surface area contributed by atoms with E-state index >= 15 is 0 Å². The minimum absolute atomic E-state index is 0.0695. The second-order valence-corrected chi connectivity index (χ2v) is 9.33. The minimum Gasteiger partial charge on any atom is -0.421 e. The van der Waals surface area contributed by atoms with Gasteiger partial charge in [-0.15, -0.1) is 0 Å². The van der Waals surface area contributed by atoms with Crippen LogP contribution in [0, 0.1) is 5.82 Å². The van der Waals surface area contributed by atoms with Crippen LogP contribution >= 0.6 is 0 Å². The summed E-state index contributed by atoms with van der Waals surface area (Å²) in [5.41, 5.74) is 3.96. The lowest BCUT2D eigenvalue weighted by atomic mass is 10.1. The van der Waals surface area contributed by atoms with E-state index in [0.717, 1.165) is 49.4 Å². The summed E-state index contributed by atoms with van der Waals surface area (Å²) in [4.78, 5) is 13.5. The Balaban J connectivity index is 1.46. The number of aromatic nitrogens is 3. The number of nitrogens with zero attached hydrogens (tertiary/aromatic N) is 5. The van der Waals surface area contributed by atoms with Gasteiger partial charge in [-0.1, -0.05) is 30.7 Å². The van der Waals surface area contributed by atoms with Crippen molar-refractivity contribution in [3.8, 4) is 11.8 Å². The molecule has 178 valence electrons. The molecule has 0 unspecified atom stereocenters. The predicted octanol–water partition coefficient (Wildman–Crippen LogP) is 4.97. The molecule has 3 aromatic rings. The highest BCUT2D eigenvalue weighted by Gasteiger charge is 2.21. The first-order valence-electron chi connectivity index (χ1n) is 11.6. The molecule has 1 aliphatic carbocycles. The molecular formula is C25H29FN6O2. The molecule has 0 atom stereocenters. The Kier molecular flexibility index (Phi) is 5.95. The number of anilines is 3. The first kappa shape index (κ1) is 22.3. The van der Waals surface area contributed by atoms with Crippen molar-refractivity contribution in [2.75, 3.05) is 43.4 Å². The zero-order chi connectivity index (χ0) is 23.8. The zero-order valence-corrected chi connectivity index (χ0v) is 19.9. The van der Waals surface area contributed by atoms with E-state index in [0.29, 0.717) is 17.5 Å². The molecule has 0 radical (unpaired) electrons. The van der Waals surface area contributed by atoms with Gasteiger partial charge in [0, 0.05) is 38.3 Å². The Morgan fingerprint density at radius 1 is 1.09 bits per heavy atom. The van der Waals surface area contributed by atoms with Gasteiger partial charge < -0.3 is 24.4 Å². The maximum absolute atomic E-state index is 14.8. The van der Waals surface area contributed by atoms with Crippen LogP contribution in [0.4, 0.5) is 21.9 Å². The molecule has 1 fully saturated rings. The van der Waals surface area contributed by atoms with E-state index < -0.39 is 5.82 Å². The predicted molar refractivity (Wildman–Crippen MR) is 129 cm³/mol. The van der Waals surface area contributed by atoms with Crippen molar-refractivity contribution < 1.29 is 13.7 Å². The number of ether oxygens (including phenoxy) is 1. The molecule has 0 amide bonds. The molecule has 0 bridgehead atoms. The molecule has 2 aromatic heterocycles. The average molecular weight is 465 g/mol. The molecule has 0 saturated carbocycles. The first-order chi connectivity index (χ1) is 16.3. The van der Waals surface area contributed by atoms with Gasteiger partial charge in [-0.25, -0.2) is 4.39 Å². The molecule has 9 heteroatoms. The summed E-state index contributed by atoms with van der Waals surface area (Å²) in [5, 5.41) is 7.25. The highest BCUT2D eigenvalue weighted by Crippen LogP contribution is 2.33. The number of fused-ring (bicyclic) bond motifs is 1. The Morgan fingerprint density at radius 3 is 2.62 bits per heavy atom. The summed E-state index contributed by atoms with van der Waals surface area (Å²) in [6.45, 7) is 9.62. The van der Waals surface area contributed by atoms with Crippen LogP contribution in [-0.4, -0.2) is 53.3 Å². The summed E-state index contributed by atoms with van der Waals surface area (Å²) >= 11 is 0. The molecule has 8 nitrogen and oxygen atoms in total. The van der Waals surface area contributed by atoms with Gasteiger partial charge >= 0.3 is 6.01 Å². The molecule has 1 saturated heterocycles. The van der Waals surface area contributed by atoms with Crippen LogP contribution in [0.2, 0.25) is 0 Å². The molecule has 34 heavy (non-hydrogen) atoms. The topological polar surface area (TPSA) is 79.5 Å². The molecule has 1 aliphatic heterocycles. The van der Waals surface area contributed by atoms with E-state index in [-0.39, 0.29) is 17.7 Å². The Morgan fingerprint density at radius 2 is 1.88 bits per heavy atom. The zero-order valence-electron chi connectivity index (χ0n) is 19.9. The summed E-state index contributed by atoms with van der Waals surface area (Å²) in [5.74, 6) is 1.59. The maximum atomic E-state index is 14.8. The third-order valence-corrected chi connectivity index (χ3v) is 6.16. The van der Waals surface area contributed by atoms with Crippen molar-refractivity contribution in [2.24, 2.45) is 0 Å². The maximum Gasteiger partial charge on any atom is 0.326 e. The quantitative estimate of drug-likeness (QED) is 0.548. The van der Waals surface area contributed by atoms with E-state index in [1.807, 2.05) is 39.0 Å². The standard InChI is InChI=1S/C25H29FN6O2/c1-15(2)20-13-24(34-30-20)27-22-14-23(32-7-5-31(4)6-8-32)29-25(28-22)33-21-12-18-10-16(3)9-17(18)11-19(21)26/h10-15H,5-9H2,1-4H3,(H,27,28,29). The van der Waals surface area contributed by atoms with Crippen molar-refractivity contribution in [1.82, 2.24) is 20.0 Å². The van der Waals surface area contributed by atoms with E-state index in [9.17, 15) is 4.39 Å².